The van der Waals surface area contributed by atoms with Crippen LogP contribution >= 0.6 is 11.8 Å². The lowest BCUT2D eigenvalue weighted by atomic mass is 10.0. The van der Waals surface area contributed by atoms with Crippen molar-refractivity contribution in [2.45, 2.75) is 19.8 Å². The lowest BCUT2D eigenvalue weighted by molar-refractivity contribution is -0.126. The summed E-state index contributed by atoms with van der Waals surface area (Å²) in [6, 6.07) is 8.14. The average molecular weight is 277 g/mol. The van der Waals surface area contributed by atoms with E-state index < -0.39 is 0 Å². The number of hydrogen-bond donors (Lipinski definition) is 0. The van der Waals surface area contributed by atoms with Crippen LogP contribution in [0, 0.1) is 0 Å². The minimum absolute atomic E-state index is 0.145. The Kier molecular flexibility index (Phi) is 4.91. The molecule has 4 heteroatoms. The minimum Gasteiger partial charge on any atom is -0.492 e. The molecule has 0 saturated carbocycles. The predicted octanol–water partition coefficient (Wildman–Crippen LogP) is 3.24. The first-order chi connectivity index (χ1) is 9.16. The lowest BCUT2D eigenvalue weighted by Gasteiger charge is -2.21. The number of benzene rings is 1. The maximum absolute atomic E-state index is 11.6. The fourth-order valence-electron chi connectivity index (χ4n) is 1.81. The van der Waals surface area contributed by atoms with Crippen molar-refractivity contribution >= 4 is 17.7 Å². The molecule has 2 rings (SSSR count). The molecular formula is C15H19NO2S. The second kappa shape index (κ2) is 6.66. The van der Waals surface area contributed by atoms with Gasteiger partial charge in [-0.2, -0.15) is 0 Å². The molecule has 0 saturated heterocycles. The largest absolute Gasteiger partial charge is 0.492 e. The van der Waals surface area contributed by atoms with Gasteiger partial charge in [-0.05, 0) is 29.0 Å². The van der Waals surface area contributed by atoms with Gasteiger partial charge in [-0.1, -0.05) is 26.0 Å². The molecule has 1 aliphatic heterocycles. The van der Waals surface area contributed by atoms with Crippen molar-refractivity contribution in [2.75, 3.05) is 18.9 Å². The minimum atomic E-state index is 0.145. The fraction of sp³-hybridized carbons (Fsp3) is 0.400. The van der Waals surface area contributed by atoms with E-state index in [-0.39, 0.29) is 5.91 Å². The monoisotopic (exact) mass is 277 g/mol. The normalized spacial score (nSPS) is 15.1. The molecule has 0 fully saturated rings. The maximum atomic E-state index is 11.6. The van der Waals surface area contributed by atoms with E-state index in [9.17, 15) is 4.79 Å². The Morgan fingerprint density at radius 1 is 1.32 bits per heavy atom. The standard InChI is InChI=1S/C15H19NO2S/c1-12(2)13-3-5-14(6-4-13)18-9-7-16-8-10-19-11-15(16)17/h3-6,8,10,12H,7,9,11H2,1-2H3. The van der Waals surface area contributed by atoms with Gasteiger partial charge < -0.3 is 9.64 Å². The molecule has 1 aliphatic rings. The van der Waals surface area contributed by atoms with Gasteiger partial charge in [-0.15, -0.1) is 11.8 Å². The summed E-state index contributed by atoms with van der Waals surface area (Å²) in [5.41, 5.74) is 1.30. The topological polar surface area (TPSA) is 29.5 Å². The smallest absolute Gasteiger partial charge is 0.236 e. The van der Waals surface area contributed by atoms with Crippen molar-refractivity contribution in [1.82, 2.24) is 4.90 Å². The molecule has 3 nitrogen and oxygen atoms in total. The Hall–Kier alpha value is -1.42. The van der Waals surface area contributed by atoms with Gasteiger partial charge in [-0.3, -0.25) is 4.79 Å². The Morgan fingerprint density at radius 2 is 2.05 bits per heavy atom. The molecule has 19 heavy (non-hydrogen) atoms. The molecule has 1 aromatic rings. The first kappa shape index (κ1) is 14.0. The van der Waals surface area contributed by atoms with Gasteiger partial charge in [0.15, 0.2) is 0 Å². The zero-order valence-corrected chi connectivity index (χ0v) is 12.2. The summed E-state index contributed by atoms with van der Waals surface area (Å²) < 4.78 is 5.66. The van der Waals surface area contributed by atoms with Gasteiger partial charge in [0, 0.05) is 6.20 Å². The highest BCUT2D eigenvalue weighted by Gasteiger charge is 2.13. The predicted molar refractivity (Wildman–Crippen MR) is 79.3 cm³/mol. The SMILES string of the molecule is CC(C)c1ccc(OCCN2C=CSCC2=O)cc1. The van der Waals surface area contributed by atoms with E-state index in [1.54, 1.807) is 4.90 Å². The maximum Gasteiger partial charge on any atom is 0.236 e. The first-order valence-electron chi connectivity index (χ1n) is 6.47. The second-order valence-electron chi connectivity index (χ2n) is 4.76. The summed E-state index contributed by atoms with van der Waals surface area (Å²) >= 11 is 1.53. The quantitative estimate of drug-likeness (QED) is 0.827. The van der Waals surface area contributed by atoms with Crippen LogP contribution in [0.2, 0.25) is 0 Å². The van der Waals surface area contributed by atoms with Crippen LogP contribution in [0.4, 0.5) is 0 Å². The third-order valence-corrected chi connectivity index (χ3v) is 3.74. The van der Waals surface area contributed by atoms with Gasteiger partial charge in [0.05, 0.1) is 12.3 Å². The van der Waals surface area contributed by atoms with Crippen LogP contribution in [0.3, 0.4) is 0 Å². The van der Waals surface area contributed by atoms with Crippen molar-refractivity contribution in [3.63, 3.8) is 0 Å². The Balaban J connectivity index is 1.80. The number of hydrogen-bond acceptors (Lipinski definition) is 3. The van der Waals surface area contributed by atoms with Crippen molar-refractivity contribution in [3.8, 4) is 5.75 Å². The van der Waals surface area contributed by atoms with E-state index in [4.69, 9.17) is 4.74 Å². The van der Waals surface area contributed by atoms with Crippen LogP contribution < -0.4 is 4.74 Å². The molecule has 102 valence electrons. The summed E-state index contributed by atoms with van der Waals surface area (Å²) in [6.45, 7) is 5.45. The molecular weight excluding hydrogens is 258 g/mol. The molecule has 1 aromatic carbocycles. The highest BCUT2D eigenvalue weighted by Crippen LogP contribution is 2.18. The van der Waals surface area contributed by atoms with Crippen LogP contribution in [0.25, 0.3) is 0 Å². The van der Waals surface area contributed by atoms with Gasteiger partial charge >= 0.3 is 0 Å². The highest BCUT2D eigenvalue weighted by molar-refractivity contribution is 8.02. The average Bonchev–Trinajstić information content (AvgIpc) is 2.41. The number of amides is 1. The zero-order chi connectivity index (χ0) is 13.7. The van der Waals surface area contributed by atoms with E-state index in [2.05, 4.69) is 26.0 Å². The van der Waals surface area contributed by atoms with Gasteiger partial charge in [0.1, 0.15) is 12.4 Å². The molecule has 0 unspecified atom stereocenters. The molecule has 0 aliphatic carbocycles. The number of ether oxygens (including phenoxy) is 1. The number of thioether (sulfide) groups is 1. The van der Waals surface area contributed by atoms with Crippen LogP contribution in [-0.2, 0) is 4.79 Å². The second-order valence-corrected chi connectivity index (χ2v) is 5.65. The van der Waals surface area contributed by atoms with Crippen LogP contribution in [0.5, 0.6) is 5.75 Å². The van der Waals surface area contributed by atoms with E-state index in [0.717, 1.165) is 5.75 Å². The zero-order valence-electron chi connectivity index (χ0n) is 11.3. The molecule has 1 heterocycles. The number of carbonyl (C=O) groups is 1. The summed E-state index contributed by atoms with van der Waals surface area (Å²) in [7, 11) is 0. The van der Waals surface area contributed by atoms with Crippen LogP contribution in [0.15, 0.2) is 35.9 Å². The third-order valence-electron chi connectivity index (χ3n) is 3.01. The van der Waals surface area contributed by atoms with Crippen molar-refractivity contribution < 1.29 is 9.53 Å². The lowest BCUT2D eigenvalue weighted by Crippen LogP contribution is -2.32. The highest BCUT2D eigenvalue weighted by atomic mass is 32.2. The van der Waals surface area contributed by atoms with E-state index in [0.29, 0.717) is 24.8 Å². The summed E-state index contributed by atoms with van der Waals surface area (Å²) in [6.07, 6.45) is 1.82. The molecule has 0 bridgehead atoms. The molecule has 0 spiro atoms. The number of nitrogens with zero attached hydrogens (tertiary/aromatic N) is 1. The van der Waals surface area contributed by atoms with E-state index >= 15 is 0 Å². The molecule has 0 aromatic heterocycles. The van der Waals surface area contributed by atoms with Gasteiger partial charge in [-0.25, -0.2) is 0 Å². The Bertz CT molecular complexity index is 454. The first-order valence-corrected chi connectivity index (χ1v) is 7.52. The summed E-state index contributed by atoms with van der Waals surface area (Å²) in [5, 5.41) is 1.94. The molecule has 1 amide bonds. The van der Waals surface area contributed by atoms with Crippen molar-refractivity contribution in [3.05, 3.63) is 41.4 Å². The number of rotatable bonds is 5. The van der Waals surface area contributed by atoms with E-state index in [1.165, 1.54) is 17.3 Å². The number of carbonyl (C=O) groups excluding carboxylic acids is 1. The fourth-order valence-corrected chi connectivity index (χ4v) is 2.45. The Morgan fingerprint density at radius 3 is 2.68 bits per heavy atom. The summed E-state index contributed by atoms with van der Waals surface area (Å²) in [4.78, 5) is 13.3. The Labute approximate surface area is 118 Å². The van der Waals surface area contributed by atoms with Gasteiger partial charge in [0.2, 0.25) is 5.91 Å². The molecule has 0 N–H and O–H groups in total. The third kappa shape index (κ3) is 4.03. The van der Waals surface area contributed by atoms with Gasteiger partial charge in [0.25, 0.3) is 0 Å². The van der Waals surface area contributed by atoms with Crippen molar-refractivity contribution in [2.24, 2.45) is 0 Å². The van der Waals surface area contributed by atoms with Crippen LogP contribution in [0.1, 0.15) is 25.3 Å². The van der Waals surface area contributed by atoms with E-state index in [1.807, 2.05) is 23.7 Å². The van der Waals surface area contributed by atoms with Crippen LogP contribution in [-0.4, -0.2) is 29.7 Å². The molecule has 0 atom stereocenters. The molecule has 0 radical (unpaired) electrons. The summed E-state index contributed by atoms with van der Waals surface area (Å²) in [5.74, 6) is 2.06. The van der Waals surface area contributed by atoms with Crippen molar-refractivity contribution in [1.29, 1.82) is 0 Å².